The maximum Gasteiger partial charge on any atom is 0.223 e. The Labute approximate surface area is 118 Å². The van der Waals surface area contributed by atoms with Gasteiger partial charge >= 0.3 is 0 Å². The molecular weight excluding hydrogens is 257 g/mol. The lowest BCUT2D eigenvalue weighted by Gasteiger charge is -2.21. The second-order valence-electron chi connectivity index (χ2n) is 6.08. The van der Waals surface area contributed by atoms with Gasteiger partial charge in [0.05, 0.1) is 12.1 Å². The van der Waals surface area contributed by atoms with Crippen LogP contribution in [0.1, 0.15) is 37.9 Å². The molecule has 0 spiro atoms. The molecule has 4 heteroatoms. The molecule has 0 aromatic heterocycles. The lowest BCUT2D eigenvalue weighted by molar-refractivity contribution is -0.124. The molecule has 5 atom stereocenters. The van der Waals surface area contributed by atoms with Gasteiger partial charge in [0.1, 0.15) is 5.82 Å². The highest BCUT2D eigenvalue weighted by Gasteiger charge is 2.56. The predicted molar refractivity (Wildman–Crippen MR) is 73.3 cm³/mol. The number of fused-ring (bicyclic) bond motifs is 1. The van der Waals surface area contributed by atoms with Crippen molar-refractivity contribution in [2.24, 2.45) is 17.8 Å². The van der Waals surface area contributed by atoms with Gasteiger partial charge < -0.3 is 10.4 Å². The first-order valence-corrected chi connectivity index (χ1v) is 7.32. The smallest absolute Gasteiger partial charge is 0.223 e. The molecule has 2 saturated carbocycles. The number of amides is 1. The number of aliphatic hydroxyl groups is 1. The third-order valence-corrected chi connectivity index (χ3v) is 4.76. The molecule has 1 unspecified atom stereocenters. The summed E-state index contributed by atoms with van der Waals surface area (Å²) in [5, 5.41) is 13.1. The summed E-state index contributed by atoms with van der Waals surface area (Å²) in [5.74, 6) is 1.04. The summed E-state index contributed by atoms with van der Waals surface area (Å²) in [4.78, 5) is 12.1. The molecule has 2 N–H and O–H groups in total. The third kappa shape index (κ3) is 2.44. The Morgan fingerprint density at radius 2 is 1.90 bits per heavy atom. The SMILES string of the molecule is C[C@H](NC(=O)C1[C@H]2CCC[C@@H]12)[C@H](O)c1ccc(F)cc1. The van der Waals surface area contributed by atoms with E-state index >= 15 is 0 Å². The van der Waals surface area contributed by atoms with Gasteiger partial charge in [-0.05, 0) is 49.3 Å². The Morgan fingerprint density at radius 3 is 2.50 bits per heavy atom. The lowest BCUT2D eigenvalue weighted by Crippen LogP contribution is -2.38. The number of benzene rings is 1. The molecule has 20 heavy (non-hydrogen) atoms. The average molecular weight is 277 g/mol. The van der Waals surface area contributed by atoms with Gasteiger partial charge in [0, 0.05) is 5.92 Å². The molecule has 2 aliphatic carbocycles. The van der Waals surface area contributed by atoms with E-state index < -0.39 is 6.10 Å². The minimum absolute atomic E-state index is 0.0633. The zero-order valence-electron chi connectivity index (χ0n) is 11.6. The maximum atomic E-state index is 12.9. The van der Waals surface area contributed by atoms with Crippen LogP contribution in [0.25, 0.3) is 0 Å². The predicted octanol–water partition coefficient (Wildman–Crippen LogP) is 2.41. The van der Waals surface area contributed by atoms with E-state index in [1.54, 1.807) is 19.1 Å². The van der Waals surface area contributed by atoms with Gasteiger partial charge in [-0.2, -0.15) is 0 Å². The summed E-state index contributed by atoms with van der Waals surface area (Å²) in [6.45, 7) is 1.78. The second-order valence-corrected chi connectivity index (χ2v) is 6.08. The summed E-state index contributed by atoms with van der Waals surface area (Å²) in [7, 11) is 0. The fraction of sp³-hybridized carbons (Fsp3) is 0.562. The summed E-state index contributed by atoms with van der Waals surface area (Å²) >= 11 is 0. The van der Waals surface area contributed by atoms with Gasteiger partial charge in [0.25, 0.3) is 0 Å². The number of carbonyl (C=O) groups is 1. The van der Waals surface area contributed by atoms with Crippen LogP contribution in [0.2, 0.25) is 0 Å². The van der Waals surface area contributed by atoms with Gasteiger partial charge in [-0.1, -0.05) is 18.6 Å². The fourth-order valence-corrected chi connectivity index (χ4v) is 3.56. The van der Waals surface area contributed by atoms with Gasteiger partial charge in [-0.25, -0.2) is 4.39 Å². The van der Waals surface area contributed by atoms with Crippen molar-refractivity contribution in [1.82, 2.24) is 5.32 Å². The van der Waals surface area contributed by atoms with E-state index in [2.05, 4.69) is 5.32 Å². The zero-order chi connectivity index (χ0) is 14.3. The molecule has 3 rings (SSSR count). The monoisotopic (exact) mass is 277 g/mol. The summed E-state index contributed by atoms with van der Waals surface area (Å²) in [6, 6.07) is 5.37. The van der Waals surface area contributed by atoms with Crippen LogP contribution in [-0.2, 0) is 4.79 Å². The van der Waals surface area contributed by atoms with Crippen LogP contribution < -0.4 is 5.32 Å². The van der Waals surface area contributed by atoms with Gasteiger partial charge in [0.15, 0.2) is 0 Å². The highest BCUT2D eigenvalue weighted by molar-refractivity contribution is 5.82. The largest absolute Gasteiger partial charge is 0.386 e. The summed E-state index contributed by atoms with van der Waals surface area (Å²) in [6.07, 6.45) is 2.76. The van der Waals surface area contributed by atoms with Crippen LogP contribution in [0.5, 0.6) is 0 Å². The molecule has 108 valence electrons. The number of aliphatic hydroxyl groups excluding tert-OH is 1. The Kier molecular flexibility index (Phi) is 3.50. The van der Waals surface area contributed by atoms with E-state index in [0.29, 0.717) is 17.4 Å². The molecule has 0 saturated heterocycles. The molecule has 1 aromatic rings. The minimum atomic E-state index is -0.807. The summed E-state index contributed by atoms with van der Waals surface area (Å²) < 4.78 is 12.9. The topological polar surface area (TPSA) is 49.3 Å². The van der Waals surface area contributed by atoms with E-state index in [9.17, 15) is 14.3 Å². The van der Waals surface area contributed by atoms with Crippen molar-refractivity contribution in [3.63, 3.8) is 0 Å². The molecular formula is C16H20FNO2. The van der Waals surface area contributed by atoms with Crippen LogP contribution in [0.15, 0.2) is 24.3 Å². The zero-order valence-corrected chi connectivity index (χ0v) is 11.6. The average Bonchev–Trinajstić information content (AvgIpc) is 2.92. The van der Waals surface area contributed by atoms with Crippen molar-refractivity contribution in [1.29, 1.82) is 0 Å². The third-order valence-electron chi connectivity index (χ3n) is 4.76. The van der Waals surface area contributed by atoms with Gasteiger partial charge in [-0.3, -0.25) is 4.79 Å². The van der Waals surface area contributed by atoms with Crippen LogP contribution in [0.3, 0.4) is 0 Å². The fourth-order valence-electron chi connectivity index (χ4n) is 3.56. The normalized spacial score (nSPS) is 30.4. The molecule has 3 nitrogen and oxygen atoms in total. The number of halogens is 1. The van der Waals surface area contributed by atoms with Crippen molar-refractivity contribution in [3.05, 3.63) is 35.6 Å². The number of rotatable bonds is 4. The van der Waals surface area contributed by atoms with Crippen molar-refractivity contribution in [2.45, 2.75) is 38.3 Å². The Bertz CT molecular complexity index is 492. The maximum absolute atomic E-state index is 12.9. The first-order chi connectivity index (χ1) is 9.58. The first kappa shape index (κ1) is 13.6. The minimum Gasteiger partial charge on any atom is -0.386 e. The van der Waals surface area contributed by atoms with Crippen LogP contribution in [-0.4, -0.2) is 17.1 Å². The van der Waals surface area contributed by atoms with Crippen LogP contribution in [0.4, 0.5) is 4.39 Å². The van der Waals surface area contributed by atoms with E-state index in [1.807, 2.05) is 0 Å². The van der Waals surface area contributed by atoms with Gasteiger partial charge in [-0.15, -0.1) is 0 Å². The lowest BCUT2D eigenvalue weighted by atomic mass is 10.0. The first-order valence-electron chi connectivity index (χ1n) is 7.32. The Hall–Kier alpha value is -1.42. The molecule has 0 radical (unpaired) electrons. The molecule has 2 aliphatic rings. The highest BCUT2D eigenvalue weighted by Crippen LogP contribution is 2.57. The quantitative estimate of drug-likeness (QED) is 0.888. The van der Waals surface area contributed by atoms with E-state index in [1.165, 1.54) is 18.6 Å². The standard InChI is InChI=1S/C16H20FNO2/c1-9(15(19)10-5-7-11(17)8-6-10)18-16(20)14-12-3-2-4-13(12)14/h5-9,12-15,19H,2-4H2,1H3,(H,18,20)/t9-,12-,13+,14?,15-/m0/s1. The van der Waals surface area contributed by atoms with Crippen molar-refractivity contribution in [2.75, 3.05) is 0 Å². The van der Waals surface area contributed by atoms with Crippen LogP contribution in [0, 0.1) is 23.6 Å². The summed E-state index contributed by atoms with van der Waals surface area (Å²) in [5.41, 5.74) is 0.621. The van der Waals surface area contributed by atoms with Crippen LogP contribution >= 0.6 is 0 Å². The molecule has 0 heterocycles. The second kappa shape index (κ2) is 5.17. The molecule has 2 fully saturated rings. The molecule has 1 amide bonds. The Balaban J connectivity index is 1.57. The highest BCUT2D eigenvalue weighted by atomic mass is 19.1. The number of nitrogens with one attached hydrogen (secondary N) is 1. The van der Waals surface area contributed by atoms with E-state index in [4.69, 9.17) is 0 Å². The number of hydrogen-bond donors (Lipinski definition) is 2. The van der Waals surface area contributed by atoms with Crippen molar-refractivity contribution < 1.29 is 14.3 Å². The Morgan fingerprint density at radius 1 is 1.30 bits per heavy atom. The molecule has 1 aromatic carbocycles. The molecule has 0 bridgehead atoms. The van der Waals surface area contributed by atoms with E-state index in [-0.39, 0.29) is 23.7 Å². The van der Waals surface area contributed by atoms with Crippen molar-refractivity contribution >= 4 is 5.91 Å². The van der Waals surface area contributed by atoms with Crippen molar-refractivity contribution in [3.8, 4) is 0 Å². The van der Waals surface area contributed by atoms with E-state index in [0.717, 1.165) is 12.8 Å². The number of hydrogen-bond acceptors (Lipinski definition) is 2. The number of carbonyl (C=O) groups excluding carboxylic acids is 1. The van der Waals surface area contributed by atoms with Gasteiger partial charge in [0.2, 0.25) is 5.91 Å². The molecule has 0 aliphatic heterocycles.